The second kappa shape index (κ2) is 23.1. The smallest absolute Gasteiger partial charge is 0.407 e. The zero-order valence-corrected chi connectivity index (χ0v) is 34.7. The molecule has 312 valence electrons. The molecule has 0 bridgehead atoms. The van der Waals surface area contributed by atoms with E-state index in [9.17, 15) is 24.9 Å². The highest BCUT2D eigenvalue weighted by molar-refractivity contribution is 6.36. The first kappa shape index (κ1) is 49.8. The Kier molecular flexibility index (Phi) is 20.2. The Morgan fingerprint density at radius 2 is 1.88 bits per heavy atom. The molecule has 1 fully saturated rings. The number of carbonyl (C=O) groups excluding carboxylic acids is 3. The number of halogens is 4. The number of guanidine groups is 1. The van der Waals surface area contributed by atoms with Crippen LogP contribution in [0.3, 0.4) is 0 Å². The van der Waals surface area contributed by atoms with Crippen molar-refractivity contribution in [3.05, 3.63) is 34.6 Å². The number of imidazole rings is 1. The number of piperidine rings is 1. The number of aliphatic imine (C=N–C) groups is 1. The number of methoxy groups -OCH3 is 1. The van der Waals surface area contributed by atoms with E-state index in [2.05, 4.69) is 47.4 Å². The van der Waals surface area contributed by atoms with Crippen molar-refractivity contribution in [2.75, 3.05) is 48.8 Å². The van der Waals surface area contributed by atoms with Gasteiger partial charge in [0.1, 0.15) is 18.2 Å². The zero-order valence-electron chi connectivity index (χ0n) is 31.5. The quantitative estimate of drug-likeness (QED) is 0.0499. The molecule has 0 spiro atoms. The summed E-state index contributed by atoms with van der Waals surface area (Å²) in [5.74, 6) is -1.31. The lowest BCUT2D eigenvalue weighted by Crippen LogP contribution is -2.58. The topological polar surface area (TPSA) is 302 Å². The molecule has 3 aromatic rings. The van der Waals surface area contributed by atoms with Crippen LogP contribution in [-0.4, -0.2) is 101 Å². The molecule has 1 aliphatic rings. The summed E-state index contributed by atoms with van der Waals surface area (Å²) in [5.41, 5.74) is 18.2. The summed E-state index contributed by atoms with van der Waals surface area (Å²) in [4.78, 5) is 53.4. The number of hydrogen-bond donors (Lipinski definition) is 7. The standard InChI is InChI=1S/C33H44ClN15O5.3ClH/c1-5-40-27-28-42-15-19(14-36)49(28)47-32(46-27)43-22-11-18(13-35)12-23(25(22)34)48-10-8-21(44-33(52)53-4)24(16-48)54-30(51)26(17(2)3)45-29(50)20(37)7-6-9-41-31(38)39;;;/h11-12,15,17,20-21,24,26H,5-10,16,37H2,1-4H3,(H,44,52)(H,45,50)(H4,38,39,41)(H2,40,43,46,47);3*1H/t20-,21+,24+,26?;;;/m0.../s1. The van der Waals surface area contributed by atoms with E-state index >= 15 is 0 Å². The summed E-state index contributed by atoms with van der Waals surface area (Å²) in [6.07, 6.45) is 0.703. The van der Waals surface area contributed by atoms with Gasteiger partial charge in [-0.1, -0.05) is 25.4 Å². The molecule has 0 aliphatic carbocycles. The Morgan fingerprint density at radius 1 is 1.16 bits per heavy atom. The third-order valence-electron chi connectivity index (χ3n) is 8.43. The van der Waals surface area contributed by atoms with Gasteiger partial charge in [0.05, 0.1) is 60.0 Å². The number of rotatable bonds is 15. The number of nitrogens with zero attached hydrogens (tertiary/aromatic N) is 8. The molecule has 4 atom stereocenters. The molecule has 1 unspecified atom stereocenters. The summed E-state index contributed by atoms with van der Waals surface area (Å²) in [6, 6.07) is 4.60. The van der Waals surface area contributed by atoms with Crippen LogP contribution in [0.5, 0.6) is 0 Å². The van der Waals surface area contributed by atoms with E-state index in [-0.39, 0.29) is 90.5 Å². The number of amides is 2. The number of benzene rings is 1. The molecule has 0 saturated carbocycles. The Labute approximate surface area is 352 Å². The number of fused-ring (bicyclic) bond motifs is 1. The molecule has 10 N–H and O–H groups in total. The maximum absolute atomic E-state index is 13.7. The van der Waals surface area contributed by atoms with E-state index in [1.54, 1.807) is 19.9 Å². The minimum Gasteiger partial charge on any atom is -0.457 e. The van der Waals surface area contributed by atoms with E-state index in [4.69, 9.17) is 38.3 Å². The summed E-state index contributed by atoms with van der Waals surface area (Å²) in [6.45, 7) is 6.53. The molecule has 2 amide bonds. The molecular formula is C33H47Cl4N15O5. The number of hydrogen-bond acceptors (Lipinski definition) is 15. The van der Waals surface area contributed by atoms with Crippen LogP contribution in [0.4, 0.5) is 27.9 Å². The number of carbonyl (C=O) groups is 3. The fourth-order valence-electron chi connectivity index (χ4n) is 5.67. The molecule has 3 heterocycles. The molecule has 4 rings (SSSR count). The molecule has 0 radical (unpaired) electrons. The lowest BCUT2D eigenvalue weighted by molar-refractivity contribution is -0.156. The van der Waals surface area contributed by atoms with Crippen molar-refractivity contribution in [2.45, 2.75) is 64.3 Å². The number of alkyl carbamates (subject to hydrolysis) is 1. The Morgan fingerprint density at radius 3 is 2.49 bits per heavy atom. The van der Waals surface area contributed by atoms with Crippen LogP contribution < -0.4 is 43.4 Å². The number of esters is 1. The van der Waals surface area contributed by atoms with Crippen LogP contribution in [0.2, 0.25) is 5.02 Å². The van der Waals surface area contributed by atoms with Crippen LogP contribution in [0.25, 0.3) is 5.65 Å². The van der Waals surface area contributed by atoms with Crippen LogP contribution in [0.15, 0.2) is 23.3 Å². The number of nitriles is 2. The number of anilines is 4. The molecule has 24 heteroatoms. The predicted molar refractivity (Wildman–Crippen MR) is 222 cm³/mol. The third kappa shape index (κ3) is 12.9. The first-order valence-corrected chi connectivity index (χ1v) is 17.5. The van der Waals surface area contributed by atoms with Crippen molar-refractivity contribution >= 4 is 102 Å². The van der Waals surface area contributed by atoms with E-state index in [0.29, 0.717) is 43.2 Å². The molecule has 20 nitrogen and oxygen atoms in total. The van der Waals surface area contributed by atoms with Gasteiger partial charge in [-0.25, -0.2) is 14.6 Å². The molecule has 1 aromatic carbocycles. The number of nitrogens with one attached hydrogen (secondary N) is 4. The number of ether oxygens (including phenoxy) is 2. The van der Waals surface area contributed by atoms with Gasteiger partial charge in [0, 0.05) is 19.6 Å². The van der Waals surface area contributed by atoms with Gasteiger partial charge in [-0.3, -0.25) is 9.79 Å². The van der Waals surface area contributed by atoms with E-state index in [0.717, 1.165) is 0 Å². The molecule has 2 aromatic heterocycles. The highest BCUT2D eigenvalue weighted by atomic mass is 35.5. The van der Waals surface area contributed by atoms with Gasteiger partial charge in [0.25, 0.3) is 0 Å². The Bertz CT molecular complexity index is 1970. The Hall–Kier alpha value is -5.25. The molecule has 1 saturated heterocycles. The van der Waals surface area contributed by atoms with Crippen LogP contribution in [0.1, 0.15) is 51.3 Å². The average Bonchev–Trinajstić information content (AvgIpc) is 3.56. The highest BCUT2D eigenvalue weighted by Gasteiger charge is 2.37. The molecule has 1 aliphatic heterocycles. The van der Waals surface area contributed by atoms with Gasteiger partial charge in [0.2, 0.25) is 11.9 Å². The van der Waals surface area contributed by atoms with Crippen molar-refractivity contribution in [3.63, 3.8) is 0 Å². The van der Waals surface area contributed by atoms with Crippen molar-refractivity contribution < 1.29 is 23.9 Å². The SMILES string of the molecule is CCNc1nc(Nc2cc(C#N)cc(N3CC[C@@H](NC(=O)OC)[C@H](OC(=O)C(NC(=O)[C@@H](N)CCCN=C(N)N)C(C)C)C3)c2Cl)nn2c(C#N)cnc12.Cl.Cl.Cl. The summed E-state index contributed by atoms with van der Waals surface area (Å²) in [5, 5.41) is 35.7. The van der Waals surface area contributed by atoms with Crippen molar-refractivity contribution in [1.29, 1.82) is 10.5 Å². The summed E-state index contributed by atoms with van der Waals surface area (Å²) in [7, 11) is 1.22. The number of aromatic nitrogens is 4. The number of nitrogens with two attached hydrogens (primary N) is 3. The first-order valence-electron chi connectivity index (χ1n) is 17.1. The fraction of sp³-hybridized carbons (Fsp3) is 0.485. The van der Waals surface area contributed by atoms with Crippen molar-refractivity contribution in [3.8, 4) is 12.1 Å². The van der Waals surface area contributed by atoms with Gasteiger partial charge in [-0.05, 0) is 44.2 Å². The van der Waals surface area contributed by atoms with Gasteiger partial charge in [-0.2, -0.15) is 20.0 Å². The maximum Gasteiger partial charge on any atom is 0.407 e. The maximum atomic E-state index is 13.7. The van der Waals surface area contributed by atoms with Gasteiger partial charge >= 0.3 is 12.1 Å². The van der Waals surface area contributed by atoms with Gasteiger partial charge < -0.3 is 52.8 Å². The van der Waals surface area contributed by atoms with Gasteiger partial charge in [0.15, 0.2) is 23.1 Å². The second-order valence-electron chi connectivity index (χ2n) is 12.6. The van der Waals surface area contributed by atoms with Crippen LogP contribution >= 0.6 is 48.8 Å². The third-order valence-corrected chi connectivity index (χ3v) is 8.83. The minimum absolute atomic E-state index is 0. The first-order chi connectivity index (χ1) is 25.8. The van der Waals surface area contributed by atoms with E-state index < -0.39 is 48.1 Å². The predicted octanol–water partition coefficient (Wildman–Crippen LogP) is 2.33. The summed E-state index contributed by atoms with van der Waals surface area (Å²) < 4.78 is 12.2. The van der Waals surface area contributed by atoms with Crippen molar-refractivity contribution in [1.82, 2.24) is 30.2 Å². The summed E-state index contributed by atoms with van der Waals surface area (Å²) >= 11 is 6.98. The van der Waals surface area contributed by atoms with Crippen LogP contribution in [-0.2, 0) is 19.1 Å². The lowest BCUT2D eigenvalue weighted by Gasteiger charge is -2.40. The lowest BCUT2D eigenvalue weighted by atomic mass is 9.99. The second-order valence-corrected chi connectivity index (χ2v) is 13.0. The molecular weight excluding hydrogens is 828 g/mol. The fourth-order valence-corrected chi connectivity index (χ4v) is 5.95. The minimum atomic E-state index is -1.07. The van der Waals surface area contributed by atoms with Gasteiger partial charge in [-0.15, -0.1) is 42.3 Å². The zero-order chi connectivity index (χ0) is 39.5. The average molecular weight is 876 g/mol. The van der Waals surface area contributed by atoms with Crippen LogP contribution in [0, 0.1) is 28.6 Å². The monoisotopic (exact) mass is 873 g/mol. The van der Waals surface area contributed by atoms with Crippen molar-refractivity contribution in [2.24, 2.45) is 28.1 Å². The molecule has 57 heavy (non-hydrogen) atoms. The van der Waals surface area contributed by atoms with E-state index in [1.807, 2.05) is 17.9 Å². The van der Waals surface area contributed by atoms with E-state index in [1.165, 1.54) is 23.9 Å². The Balaban J connectivity index is 0.00000541. The largest absolute Gasteiger partial charge is 0.457 e. The highest BCUT2D eigenvalue weighted by Crippen LogP contribution is 2.37. The normalized spacial score (nSPS) is 15.5.